The smallest absolute Gasteiger partial charge is 0.263 e. The van der Waals surface area contributed by atoms with Gasteiger partial charge in [0.15, 0.2) is 0 Å². The lowest BCUT2D eigenvalue weighted by Gasteiger charge is -2.36. The standard InChI is InChI=1S/C14H18F2N2O3S/c1-10(2)18-8-7-17(9-13(18)19)22(20,21)12-5-3-11(4-6-12)14(15)16/h3-6,10,14H,7-9H2,1-2H3. The number of carbonyl (C=O) groups excluding carboxylic acids is 1. The predicted octanol–water partition coefficient (Wildman–Crippen LogP) is 1.87. The molecule has 1 amide bonds. The molecule has 0 aromatic heterocycles. The first-order valence-corrected chi connectivity index (χ1v) is 8.35. The Balaban J connectivity index is 2.19. The summed E-state index contributed by atoms with van der Waals surface area (Å²) in [5.74, 6) is -0.256. The number of hydrogen-bond donors (Lipinski definition) is 0. The highest BCUT2D eigenvalue weighted by Crippen LogP contribution is 2.23. The zero-order valence-electron chi connectivity index (χ0n) is 12.4. The molecule has 0 aliphatic carbocycles. The van der Waals surface area contributed by atoms with Crippen LogP contribution in [0.25, 0.3) is 0 Å². The maximum Gasteiger partial charge on any atom is 0.263 e. The number of halogens is 2. The van der Waals surface area contributed by atoms with Gasteiger partial charge in [0.05, 0.1) is 11.4 Å². The summed E-state index contributed by atoms with van der Waals surface area (Å²) >= 11 is 0. The van der Waals surface area contributed by atoms with Crippen LogP contribution in [0.4, 0.5) is 8.78 Å². The summed E-state index contributed by atoms with van der Waals surface area (Å²) in [6, 6.07) is 4.49. The maximum absolute atomic E-state index is 12.5. The SMILES string of the molecule is CC(C)N1CCN(S(=O)(=O)c2ccc(C(F)F)cc2)CC1=O. The van der Waals surface area contributed by atoms with Gasteiger partial charge in [-0.2, -0.15) is 4.31 Å². The van der Waals surface area contributed by atoms with Gasteiger partial charge < -0.3 is 4.90 Å². The molecule has 8 heteroatoms. The van der Waals surface area contributed by atoms with Gasteiger partial charge in [0.25, 0.3) is 6.43 Å². The molecule has 1 aliphatic rings. The van der Waals surface area contributed by atoms with Gasteiger partial charge in [-0.05, 0) is 26.0 Å². The van der Waals surface area contributed by atoms with Crippen LogP contribution in [0.15, 0.2) is 29.2 Å². The van der Waals surface area contributed by atoms with Gasteiger partial charge in [0, 0.05) is 24.7 Å². The van der Waals surface area contributed by atoms with Crippen molar-refractivity contribution in [2.45, 2.75) is 31.2 Å². The van der Waals surface area contributed by atoms with Gasteiger partial charge in [0.1, 0.15) is 0 Å². The summed E-state index contributed by atoms with van der Waals surface area (Å²) in [6.45, 7) is 4.03. The Morgan fingerprint density at radius 2 is 1.68 bits per heavy atom. The molecule has 1 aliphatic heterocycles. The molecule has 0 saturated carbocycles. The number of benzene rings is 1. The van der Waals surface area contributed by atoms with Crippen molar-refractivity contribution in [1.82, 2.24) is 9.21 Å². The molecular weight excluding hydrogens is 314 g/mol. The van der Waals surface area contributed by atoms with E-state index in [1.807, 2.05) is 13.8 Å². The number of rotatable bonds is 4. The number of piperazine rings is 1. The fraction of sp³-hybridized carbons (Fsp3) is 0.500. The van der Waals surface area contributed by atoms with E-state index in [0.29, 0.717) is 6.54 Å². The van der Waals surface area contributed by atoms with Crippen LogP contribution in [0.5, 0.6) is 0 Å². The predicted molar refractivity (Wildman–Crippen MR) is 77.0 cm³/mol. The largest absolute Gasteiger partial charge is 0.338 e. The number of amides is 1. The van der Waals surface area contributed by atoms with Crippen molar-refractivity contribution in [2.24, 2.45) is 0 Å². The van der Waals surface area contributed by atoms with Crippen LogP contribution in [-0.2, 0) is 14.8 Å². The fourth-order valence-electron chi connectivity index (χ4n) is 2.35. The van der Waals surface area contributed by atoms with Gasteiger partial charge in [-0.25, -0.2) is 17.2 Å². The van der Waals surface area contributed by atoms with Gasteiger partial charge in [-0.1, -0.05) is 12.1 Å². The minimum absolute atomic E-state index is 0.0164. The Labute approximate surface area is 128 Å². The van der Waals surface area contributed by atoms with Crippen molar-refractivity contribution >= 4 is 15.9 Å². The Kier molecular flexibility index (Phi) is 4.81. The number of alkyl halides is 2. The van der Waals surface area contributed by atoms with Crippen LogP contribution < -0.4 is 0 Å². The molecule has 1 fully saturated rings. The third-order valence-electron chi connectivity index (χ3n) is 3.62. The van der Waals surface area contributed by atoms with Crippen LogP contribution >= 0.6 is 0 Å². The van der Waals surface area contributed by atoms with E-state index in [9.17, 15) is 22.0 Å². The van der Waals surface area contributed by atoms with Gasteiger partial charge in [-0.3, -0.25) is 4.79 Å². The van der Waals surface area contributed by atoms with Crippen LogP contribution in [0.1, 0.15) is 25.8 Å². The van der Waals surface area contributed by atoms with E-state index < -0.39 is 16.4 Å². The Morgan fingerprint density at radius 3 is 2.14 bits per heavy atom. The molecular formula is C14H18F2N2O3S. The average molecular weight is 332 g/mol. The van der Waals surface area contributed by atoms with Crippen molar-refractivity contribution in [3.05, 3.63) is 29.8 Å². The molecule has 1 heterocycles. The second-order valence-corrected chi connectivity index (χ2v) is 7.33. The lowest BCUT2D eigenvalue weighted by atomic mass is 10.2. The normalized spacial score (nSPS) is 17.5. The first kappa shape index (κ1) is 16.8. The minimum Gasteiger partial charge on any atom is -0.338 e. The summed E-state index contributed by atoms with van der Waals surface area (Å²) in [7, 11) is -3.85. The number of hydrogen-bond acceptors (Lipinski definition) is 3. The van der Waals surface area contributed by atoms with E-state index in [0.717, 1.165) is 28.6 Å². The van der Waals surface area contributed by atoms with Gasteiger partial charge in [0.2, 0.25) is 15.9 Å². The van der Waals surface area contributed by atoms with Crippen molar-refractivity contribution in [2.75, 3.05) is 19.6 Å². The quantitative estimate of drug-likeness (QED) is 0.846. The summed E-state index contributed by atoms with van der Waals surface area (Å²) in [4.78, 5) is 13.5. The topological polar surface area (TPSA) is 57.7 Å². The third kappa shape index (κ3) is 3.27. The zero-order chi connectivity index (χ0) is 16.5. The first-order chi connectivity index (χ1) is 10.2. The highest BCUT2D eigenvalue weighted by Gasteiger charge is 2.33. The van der Waals surface area contributed by atoms with E-state index in [1.165, 1.54) is 0 Å². The highest BCUT2D eigenvalue weighted by atomic mass is 32.2. The van der Waals surface area contributed by atoms with E-state index in [-0.39, 0.29) is 35.5 Å². The molecule has 0 radical (unpaired) electrons. The van der Waals surface area contributed by atoms with Crippen molar-refractivity contribution < 1.29 is 22.0 Å². The molecule has 1 saturated heterocycles. The van der Waals surface area contributed by atoms with Crippen LogP contribution in [0, 0.1) is 0 Å². The minimum atomic E-state index is -3.85. The Hall–Kier alpha value is -1.54. The Bertz CT molecular complexity index is 645. The second-order valence-electron chi connectivity index (χ2n) is 5.39. The molecule has 22 heavy (non-hydrogen) atoms. The molecule has 5 nitrogen and oxygen atoms in total. The van der Waals surface area contributed by atoms with Crippen LogP contribution in [-0.4, -0.2) is 49.2 Å². The summed E-state index contributed by atoms with van der Waals surface area (Å²) in [5.41, 5.74) is -0.236. The summed E-state index contributed by atoms with van der Waals surface area (Å²) in [5, 5.41) is 0. The number of nitrogens with zero attached hydrogens (tertiary/aromatic N) is 2. The monoisotopic (exact) mass is 332 g/mol. The first-order valence-electron chi connectivity index (χ1n) is 6.91. The van der Waals surface area contributed by atoms with Crippen molar-refractivity contribution in [1.29, 1.82) is 0 Å². The average Bonchev–Trinajstić information content (AvgIpc) is 2.46. The molecule has 0 N–H and O–H groups in total. The van der Waals surface area contributed by atoms with E-state index >= 15 is 0 Å². The fourth-order valence-corrected chi connectivity index (χ4v) is 3.73. The highest BCUT2D eigenvalue weighted by molar-refractivity contribution is 7.89. The molecule has 1 aromatic rings. The van der Waals surface area contributed by atoms with Gasteiger partial charge >= 0.3 is 0 Å². The third-order valence-corrected chi connectivity index (χ3v) is 5.47. The molecule has 0 unspecified atom stereocenters. The van der Waals surface area contributed by atoms with Crippen LogP contribution in [0.2, 0.25) is 0 Å². The number of carbonyl (C=O) groups is 1. The van der Waals surface area contributed by atoms with Gasteiger partial charge in [-0.15, -0.1) is 0 Å². The van der Waals surface area contributed by atoms with E-state index in [1.54, 1.807) is 4.90 Å². The summed E-state index contributed by atoms with van der Waals surface area (Å²) in [6.07, 6.45) is -2.65. The molecule has 2 rings (SSSR count). The van der Waals surface area contributed by atoms with Crippen LogP contribution in [0.3, 0.4) is 0 Å². The van der Waals surface area contributed by atoms with E-state index in [2.05, 4.69) is 0 Å². The summed E-state index contributed by atoms with van der Waals surface area (Å²) < 4.78 is 51.0. The molecule has 0 atom stereocenters. The van der Waals surface area contributed by atoms with Crippen molar-refractivity contribution in [3.8, 4) is 0 Å². The molecule has 0 bridgehead atoms. The lowest BCUT2D eigenvalue weighted by Crippen LogP contribution is -2.54. The molecule has 122 valence electrons. The van der Waals surface area contributed by atoms with Crippen molar-refractivity contribution in [3.63, 3.8) is 0 Å². The van der Waals surface area contributed by atoms with E-state index in [4.69, 9.17) is 0 Å². The Morgan fingerprint density at radius 1 is 1.09 bits per heavy atom. The lowest BCUT2D eigenvalue weighted by molar-refractivity contribution is -0.135. The number of sulfonamides is 1. The molecule has 0 spiro atoms. The second kappa shape index (κ2) is 6.29. The molecule has 1 aromatic carbocycles. The zero-order valence-corrected chi connectivity index (χ0v) is 13.2. The maximum atomic E-state index is 12.5.